The Morgan fingerprint density at radius 3 is 2.27 bits per heavy atom. The maximum absolute atomic E-state index is 12.6. The van der Waals surface area contributed by atoms with Crippen LogP contribution in [0.1, 0.15) is 56.3 Å². The minimum Gasteiger partial charge on any atom is -0.490 e. The van der Waals surface area contributed by atoms with Crippen LogP contribution in [0.4, 0.5) is 0 Å². The van der Waals surface area contributed by atoms with E-state index in [1.54, 1.807) is 24.4 Å². The van der Waals surface area contributed by atoms with E-state index in [4.69, 9.17) is 4.74 Å². The molecule has 0 spiro atoms. The second kappa shape index (κ2) is 9.87. The first-order valence-corrected chi connectivity index (χ1v) is 13.2. The van der Waals surface area contributed by atoms with E-state index in [9.17, 15) is 13.2 Å². The van der Waals surface area contributed by atoms with Crippen LogP contribution in [-0.2, 0) is 16.3 Å². The SMILES string of the molecule is CCCc1cnc([C@H]2CC[C@@H](Oc3ccn(-c4ccc(S(C)(=O)=O)cc4)c(=O)c3)CC2)nc1. The molecule has 174 valence electrons. The molecule has 0 bridgehead atoms. The molecule has 1 aliphatic carbocycles. The molecule has 0 atom stereocenters. The van der Waals surface area contributed by atoms with Gasteiger partial charge in [0.15, 0.2) is 9.84 Å². The third kappa shape index (κ3) is 5.68. The smallest absolute Gasteiger partial charge is 0.258 e. The number of sulfone groups is 1. The fraction of sp³-hybridized carbons (Fsp3) is 0.400. The van der Waals surface area contributed by atoms with Crippen molar-refractivity contribution in [3.8, 4) is 11.4 Å². The van der Waals surface area contributed by atoms with Crippen molar-refractivity contribution in [3.05, 3.63) is 76.7 Å². The molecule has 0 aliphatic heterocycles. The number of pyridine rings is 1. The van der Waals surface area contributed by atoms with Gasteiger partial charge in [-0.2, -0.15) is 0 Å². The number of hydrogen-bond donors (Lipinski definition) is 0. The van der Waals surface area contributed by atoms with Crippen LogP contribution in [0.15, 0.2) is 64.7 Å². The zero-order chi connectivity index (χ0) is 23.4. The molecule has 1 aliphatic rings. The van der Waals surface area contributed by atoms with Crippen LogP contribution in [-0.4, -0.2) is 35.3 Å². The van der Waals surface area contributed by atoms with Crippen LogP contribution < -0.4 is 10.3 Å². The van der Waals surface area contributed by atoms with Gasteiger partial charge in [0.2, 0.25) is 0 Å². The van der Waals surface area contributed by atoms with Gasteiger partial charge < -0.3 is 4.74 Å². The number of benzene rings is 1. The van der Waals surface area contributed by atoms with E-state index in [1.165, 1.54) is 28.3 Å². The lowest BCUT2D eigenvalue weighted by atomic mass is 9.86. The summed E-state index contributed by atoms with van der Waals surface area (Å²) < 4.78 is 30.8. The number of ether oxygens (including phenoxy) is 1. The Balaban J connectivity index is 1.36. The maximum atomic E-state index is 12.6. The molecule has 3 aromatic rings. The maximum Gasteiger partial charge on any atom is 0.258 e. The Hall–Kier alpha value is -3.00. The first-order valence-electron chi connectivity index (χ1n) is 11.3. The van der Waals surface area contributed by atoms with E-state index in [0.717, 1.165) is 50.6 Å². The lowest BCUT2D eigenvalue weighted by molar-refractivity contribution is 0.144. The zero-order valence-electron chi connectivity index (χ0n) is 19.0. The Morgan fingerprint density at radius 1 is 1.03 bits per heavy atom. The number of nitrogens with zero attached hydrogens (tertiary/aromatic N) is 3. The molecule has 0 radical (unpaired) electrons. The molecule has 1 aromatic carbocycles. The highest BCUT2D eigenvalue weighted by Crippen LogP contribution is 2.32. The van der Waals surface area contributed by atoms with Crippen molar-refractivity contribution in [2.24, 2.45) is 0 Å². The summed E-state index contributed by atoms with van der Waals surface area (Å²) in [7, 11) is -3.28. The third-order valence-electron chi connectivity index (χ3n) is 6.04. The summed E-state index contributed by atoms with van der Waals surface area (Å²) in [5, 5.41) is 0. The summed E-state index contributed by atoms with van der Waals surface area (Å²) >= 11 is 0. The Morgan fingerprint density at radius 2 is 1.70 bits per heavy atom. The molecule has 0 unspecified atom stereocenters. The summed E-state index contributed by atoms with van der Waals surface area (Å²) in [6, 6.07) is 9.49. The van der Waals surface area contributed by atoms with E-state index < -0.39 is 9.84 Å². The van der Waals surface area contributed by atoms with Crippen LogP contribution in [0.5, 0.6) is 5.75 Å². The Bertz CT molecular complexity index is 1240. The van der Waals surface area contributed by atoms with E-state index in [2.05, 4.69) is 16.9 Å². The van der Waals surface area contributed by atoms with E-state index in [0.29, 0.717) is 17.4 Å². The van der Waals surface area contributed by atoms with Gasteiger partial charge in [0.25, 0.3) is 5.56 Å². The normalized spacial score (nSPS) is 18.7. The summed E-state index contributed by atoms with van der Waals surface area (Å²) in [6.45, 7) is 2.15. The fourth-order valence-corrected chi connectivity index (χ4v) is 4.86. The van der Waals surface area contributed by atoms with Crippen LogP contribution >= 0.6 is 0 Å². The highest BCUT2D eigenvalue weighted by atomic mass is 32.2. The summed E-state index contributed by atoms with van der Waals surface area (Å²) in [6.07, 6.45) is 12.6. The quantitative estimate of drug-likeness (QED) is 0.520. The molecule has 7 nitrogen and oxygen atoms in total. The Kier molecular flexibility index (Phi) is 6.93. The van der Waals surface area contributed by atoms with Gasteiger partial charge in [0.05, 0.1) is 11.0 Å². The predicted octanol–water partition coefficient (Wildman–Crippen LogP) is 4.09. The van der Waals surface area contributed by atoms with E-state index >= 15 is 0 Å². The molecular weight excluding hydrogens is 438 g/mol. The fourth-order valence-electron chi connectivity index (χ4n) is 4.23. The highest BCUT2D eigenvalue weighted by molar-refractivity contribution is 7.90. The molecule has 8 heteroatoms. The molecule has 0 amide bonds. The molecule has 2 heterocycles. The number of rotatable bonds is 7. The number of hydrogen-bond acceptors (Lipinski definition) is 6. The van der Waals surface area contributed by atoms with Crippen molar-refractivity contribution in [1.82, 2.24) is 14.5 Å². The number of aryl methyl sites for hydroxylation is 1. The second-order valence-corrected chi connectivity index (χ2v) is 10.6. The average Bonchev–Trinajstić information content (AvgIpc) is 2.80. The molecule has 33 heavy (non-hydrogen) atoms. The molecule has 1 fully saturated rings. The number of aromatic nitrogens is 3. The van der Waals surface area contributed by atoms with Crippen LogP contribution in [0.3, 0.4) is 0 Å². The predicted molar refractivity (Wildman–Crippen MR) is 127 cm³/mol. The van der Waals surface area contributed by atoms with Gasteiger partial charge in [0, 0.05) is 42.5 Å². The third-order valence-corrected chi connectivity index (χ3v) is 7.17. The van der Waals surface area contributed by atoms with E-state index in [1.807, 2.05) is 12.4 Å². The molecule has 0 N–H and O–H groups in total. The van der Waals surface area contributed by atoms with Crippen molar-refractivity contribution in [2.75, 3.05) is 6.26 Å². The first-order chi connectivity index (χ1) is 15.8. The van der Waals surface area contributed by atoms with Crippen molar-refractivity contribution in [1.29, 1.82) is 0 Å². The minimum absolute atomic E-state index is 0.0601. The van der Waals surface area contributed by atoms with Crippen LogP contribution in [0.25, 0.3) is 5.69 Å². The van der Waals surface area contributed by atoms with Crippen molar-refractivity contribution < 1.29 is 13.2 Å². The Labute approximate surface area is 194 Å². The van der Waals surface area contributed by atoms with Gasteiger partial charge in [-0.3, -0.25) is 9.36 Å². The lowest BCUT2D eigenvalue weighted by Gasteiger charge is -2.28. The van der Waals surface area contributed by atoms with Gasteiger partial charge >= 0.3 is 0 Å². The highest BCUT2D eigenvalue weighted by Gasteiger charge is 2.25. The first kappa shape index (κ1) is 23.2. The van der Waals surface area contributed by atoms with Crippen molar-refractivity contribution >= 4 is 9.84 Å². The second-order valence-electron chi connectivity index (χ2n) is 8.63. The minimum atomic E-state index is -3.28. The van der Waals surface area contributed by atoms with Crippen LogP contribution in [0.2, 0.25) is 0 Å². The molecule has 4 rings (SSSR count). The monoisotopic (exact) mass is 467 g/mol. The summed E-state index contributed by atoms with van der Waals surface area (Å²) in [4.78, 5) is 22.0. The van der Waals surface area contributed by atoms with Gasteiger partial charge in [-0.25, -0.2) is 18.4 Å². The largest absolute Gasteiger partial charge is 0.490 e. The average molecular weight is 468 g/mol. The van der Waals surface area contributed by atoms with Gasteiger partial charge in [0.1, 0.15) is 11.6 Å². The van der Waals surface area contributed by atoms with Gasteiger partial charge in [-0.05, 0) is 68.0 Å². The van der Waals surface area contributed by atoms with Crippen molar-refractivity contribution in [2.45, 2.75) is 62.4 Å². The molecule has 1 saturated carbocycles. The summed E-state index contributed by atoms with van der Waals surface area (Å²) in [5.74, 6) is 1.81. The molecular formula is C25H29N3O4S. The molecule has 2 aromatic heterocycles. The zero-order valence-corrected chi connectivity index (χ0v) is 19.8. The summed E-state index contributed by atoms with van der Waals surface area (Å²) in [5.41, 5.74) is 1.55. The molecule has 0 saturated heterocycles. The topological polar surface area (TPSA) is 91.2 Å². The lowest BCUT2D eigenvalue weighted by Crippen LogP contribution is -2.25. The van der Waals surface area contributed by atoms with Gasteiger partial charge in [-0.15, -0.1) is 0 Å². The van der Waals surface area contributed by atoms with Crippen molar-refractivity contribution in [3.63, 3.8) is 0 Å². The van der Waals surface area contributed by atoms with E-state index in [-0.39, 0.29) is 16.6 Å². The van der Waals surface area contributed by atoms with Gasteiger partial charge in [-0.1, -0.05) is 13.3 Å². The standard InChI is InChI=1S/C25H29N3O4S/c1-3-4-18-16-26-25(27-17-18)19-5-9-21(10-6-19)32-22-13-14-28(24(29)15-22)20-7-11-23(12-8-20)33(2,30)31/h7-8,11-17,19,21H,3-6,9-10H2,1-2H3/t19-,21+. The van der Waals surface area contributed by atoms with Crippen LogP contribution in [0, 0.1) is 0 Å².